The van der Waals surface area contributed by atoms with Crippen LogP contribution in [0.25, 0.3) is 0 Å². The SMILES string of the molecule is COC(=O)c1ccc(F)cc1S(=O)(=O)NCc1ccsc1. The standard InChI is InChI=1S/C13H12FNO4S2/c1-19-13(16)11-3-2-10(14)6-12(11)21(17,18)15-7-9-4-5-20-8-9/h2-6,8,15H,7H2,1H3. The Labute approximate surface area is 125 Å². The molecule has 0 atom stereocenters. The number of carbonyl (C=O) groups is 1. The molecular weight excluding hydrogens is 317 g/mol. The van der Waals surface area contributed by atoms with E-state index in [1.165, 1.54) is 11.3 Å². The van der Waals surface area contributed by atoms with Crippen molar-refractivity contribution in [2.75, 3.05) is 7.11 Å². The van der Waals surface area contributed by atoms with Crippen LogP contribution in [0.5, 0.6) is 0 Å². The van der Waals surface area contributed by atoms with Crippen molar-refractivity contribution in [1.29, 1.82) is 0 Å². The number of esters is 1. The van der Waals surface area contributed by atoms with Crippen LogP contribution in [0.15, 0.2) is 39.9 Å². The molecule has 21 heavy (non-hydrogen) atoms. The van der Waals surface area contributed by atoms with Crippen molar-refractivity contribution in [2.45, 2.75) is 11.4 Å². The van der Waals surface area contributed by atoms with E-state index < -0.39 is 26.7 Å². The van der Waals surface area contributed by atoms with Gasteiger partial charge in [0.05, 0.1) is 17.6 Å². The molecule has 0 amide bonds. The van der Waals surface area contributed by atoms with Gasteiger partial charge in [-0.25, -0.2) is 22.3 Å². The van der Waals surface area contributed by atoms with Gasteiger partial charge in [0.25, 0.3) is 0 Å². The third kappa shape index (κ3) is 3.66. The largest absolute Gasteiger partial charge is 0.465 e. The summed E-state index contributed by atoms with van der Waals surface area (Å²) in [6.45, 7) is 0.0585. The van der Waals surface area contributed by atoms with E-state index in [1.54, 1.807) is 11.4 Å². The number of ether oxygens (including phenoxy) is 1. The van der Waals surface area contributed by atoms with Crippen LogP contribution in [0.3, 0.4) is 0 Å². The van der Waals surface area contributed by atoms with Gasteiger partial charge in [0.1, 0.15) is 5.82 Å². The number of nitrogens with one attached hydrogen (secondary N) is 1. The van der Waals surface area contributed by atoms with Gasteiger partial charge in [0, 0.05) is 6.54 Å². The summed E-state index contributed by atoms with van der Waals surface area (Å²) < 4.78 is 44.6. The summed E-state index contributed by atoms with van der Waals surface area (Å²) in [4.78, 5) is 11.1. The van der Waals surface area contributed by atoms with Crippen LogP contribution in [0, 0.1) is 5.82 Å². The first kappa shape index (κ1) is 15.6. The van der Waals surface area contributed by atoms with Crippen LogP contribution in [0.1, 0.15) is 15.9 Å². The number of sulfonamides is 1. The smallest absolute Gasteiger partial charge is 0.339 e. The van der Waals surface area contributed by atoms with Crippen LogP contribution in [-0.4, -0.2) is 21.5 Å². The summed E-state index contributed by atoms with van der Waals surface area (Å²) in [6.07, 6.45) is 0. The Balaban J connectivity index is 2.34. The molecule has 1 heterocycles. The van der Waals surface area contributed by atoms with Crippen LogP contribution in [0.2, 0.25) is 0 Å². The third-order valence-corrected chi connectivity index (χ3v) is 4.86. The minimum absolute atomic E-state index is 0.0585. The Morgan fingerprint density at radius 3 is 2.76 bits per heavy atom. The lowest BCUT2D eigenvalue weighted by atomic mass is 10.2. The van der Waals surface area contributed by atoms with Gasteiger partial charge in [0.15, 0.2) is 0 Å². The van der Waals surface area contributed by atoms with E-state index in [0.29, 0.717) is 0 Å². The van der Waals surface area contributed by atoms with Gasteiger partial charge < -0.3 is 4.74 Å². The molecule has 0 aliphatic heterocycles. The summed E-state index contributed by atoms with van der Waals surface area (Å²) in [5, 5.41) is 3.60. The molecule has 112 valence electrons. The third-order valence-electron chi connectivity index (χ3n) is 2.68. The minimum atomic E-state index is -4.03. The van der Waals surface area contributed by atoms with Gasteiger partial charge in [-0.3, -0.25) is 0 Å². The number of hydrogen-bond donors (Lipinski definition) is 1. The van der Waals surface area contributed by atoms with E-state index in [1.807, 2.05) is 5.38 Å². The topological polar surface area (TPSA) is 72.5 Å². The first-order chi connectivity index (χ1) is 9.94. The van der Waals surface area contributed by atoms with Crippen molar-refractivity contribution in [2.24, 2.45) is 0 Å². The summed E-state index contributed by atoms with van der Waals surface area (Å²) >= 11 is 1.43. The average Bonchev–Trinajstić information content (AvgIpc) is 2.98. The van der Waals surface area contributed by atoms with Crippen LogP contribution >= 0.6 is 11.3 Å². The van der Waals surface area contributed by atoms with E-state index in [-0.39, 0.29) is 12.1 Å². The van der Waals surface area contributed by atoms with Crippen molar-refractivity contribution >= 4 is 27.3 Å². The van der Waals surface area contributed by atoms with Gasteiger partial charge >= 0.3 is 5.97 Å². The molecule has 8 heteroatoms. The number of carbonyl (C=O) groups excluding carboxylic acids is 1. The molecule has 1 aromatic heterocycles. The van der Waals surface area contributed by atoms with Crippen molar-refractivity contribution in [3.05, 3.63) is 52.0 Å². The van der Waals surface area contributed by atoms with E-state index >= 15 is 0 Å². The summed E-state index contributed by atoms with van der Waals surface area (Å²) in [6, 6.07) is 4.65. The zero-order valence-electron chi connectivity index (χ0n) is 11.0. The Morgan fingerprint density at radius 2 is 2.14 bits per heavy atom. The highest BCUT2D eigenvalue weighted by atomic mass is 32.2. The van der Waals surface area contributed by atoms with Crippen LogP contribution in [-0.2, 0) is 21.3 Å². The molecule has 2 aromatic rings. The number of hydrogen-bond acceptors (Lipinski definition) is 5. The Morgan fingerprint density at radius 1 is 1.38 bits per heavy atom. The number of halogens is 1. The van der Waals surface area contributed by atoms with Crippen molar-refractivity contribution < 1.29 is 22.3 Å². The molecule has 1 aromatic carbocycles. The van der Waals surface area contributed by atoms with E-state index in [9.17, 15) is 17.6 Å². The molecule has 0 saturated heterocycles. The lowest BCUT2D eigenvalue weighted by Crippen LogP contribution is -2.25. The summed E-state index contributed by atoms with van der Waals surface area (Å²) in [5.41, 5.74) is 0.566. The van der Waals surface area contributed by atoms with Crippen LogP contribution in [0.4, 0.5) is 4.39 Å². The Kier molecular flexibility index (Phi) is 4.71. The molecule has 0 aliphatic rings. The van der Waals surface area contributed by atoms with E-state index in [0.717, 1.165) is 30.9 Å². The molecule has 0 spiro atoms. The molecule has 0 saturated carbocycles. The Hall–Kier alpha value is -1.77. The molecule has 5 nitrogen and oxygen atoms in total. The lowest BCUT2D eigenvalue weighted by molar-refractivity contribution is 0.0596. The van der Waals surface area contributed by atoms with Gasteiger partial charge in [0.2, 0.25) is 10.0 Å². The average molecular weight is 329 g/mol. The molecule has 0 aliphatic carbocycles. The van der Waals surface area contributed by atoms with E-state index in [4.69, 9.17) is 0 Å². The lowest BCUT2D eigenvalue weighted by Gasteiger charge is -2.10. The quantitative estimate of drug-likeness (QED) is 0.853. The van der Waals surface area contributed by atoms with Gasteiger partial charge in [-0.05, 0) is 40.6 Å². The fraction of sp³-hybridized carbons (Fsp3) is 0.154. The number of rotatable bonds is 5. The maximum absolute atomic E-state index is 13.3. The number of benzene rings is 1. The molecule has 0 unspecified atom stereocenters. The predicted octanol–water partition coefficient (Wildman–Crippen LogP) is 2.15. The van der Waals surface area contributed by atoms with E-state index in [2.05, 4.69) is 9.46 Å². The second kappa shape index (κ2) is 6.33. The van der Waals surface area contributed by atoms with Crippen molar-refractivity contribution in [3.63, 3.8) is 0 Å². The molecule has 2 rings (SSSR count). The molecular formula is C13H12FNO4S2. The zero-order valence-corrected chi connectivity index (χ0v) is 12.6. The monoisotopic (exact) mass is 329 g/mol. The zero-order chi connectivity index (χ0) is 15.5. The van der Waals surface area contributed by atoms with Gasteiger partial charge in [-0.2, -0.15) is 11.3 Å². The number of methoxy groups -OCH3 is 1. The van der Waals surface area contributed by atoms with Gasteiger partial charge in [-0.1, -0.05) is 0 Å². The highest BCUT2D eigenvalue weighted by Crippen LogP contribution is 2.19. The number of thiophene rings is 1. The molecule has 1 N–H and O–H groups in total. The first-order valence-corrected chi connectivity index (χ1v) is 8.25. The van der Waals surface area contributed by atoms with Crippen LogP contribution < -0.4 is 4.72 Å². The molecule has 0 radical (unpaired) electrons. The minimum Gasteiger partial charge on any atom is -0.465 e. The predicted molar refractivity (Wildman–Crippen MR) is 76.1 cm³/mol. The molecule has 0 bridgehead atoms. The van der Waals surface area contributed by atoms with Crippen molar-refractivity contribution in [3.8, 4) is 0 Å². The highest BCUT2D eigenvalue weighted by Gasteiger charge is 2.23. The maximum atomic E-state index is 13.3. The fourth-order valence-corrected chi connectivity index (χ4v) is 3.54. The second-order valence-corrected chi connectivity index (χ2v) is 6.60. The Bertz CT molecular complexity index is 742. The van der Waals surface area contributed by atoms with Crippen molar-refractivity contribution in [1.82, 2.24) is 4.72 Å². The summed E-state index contributed by atoms with van der Waals surface area (Å²) in [5.74, 6) is -1.59. The van der Waals surface area contributed by atoms with Gasteiger partial charge in [-0.15, -0.1) is 0 Å². The molecule has 0 fully saturated rings. The fourth-order valence-electron chi connectivity index (χ4n) is 1.65. The normalized spacial score (nSPS) is 11.3. The maximum Gasteiger partial charge on any atom is 0.339 e. The first-order valence-electron chi connectivity index (χ1n) is 5.82. The summed E-state index contributed by atoms with van der Waals surface area (Å²) in [7, 11) is -2.90. The highest BCUT2D eigenvalue weighted by molar-refractivity contribution is 7.89. The second-order valence-electron chi connectivity index (χ2n) is 4.09.